The normalized spacial score (nSPS) is 30.1. The topological polar surface area (TPSA) is 46.5 Å². The molecular weight excluding hydrogens is 276 g/mol. The monoisotopic (exact) mass is 304 g/mol. The van der Waals surface area contributed by atoms with Crippen LogP contribution in [0.3, 0.4) is 0 Å². The summed E-state index contributed by atoms with van der Waals surface area (Å²) < 4.78 is 5.67. The first-order valence-corrected chi connectivity index (χ1v) is 8.27. The van der Waals surface area contributed by atoms with Crippen LogP contribution >= 0.6 is 0 Å². The number of ether oxygens (including phenoxy) is 1. The molecule has 3 heteroatoms. The second kappa shape index (κ2) is 6.82. The molecule has 0 radical (unpaired) electrons. The van der Waals surface area contributed by atoms with Gasteiger partial charge in [-0.05, 0) is 50.2 Å². The number of esters is 1. The zero-order chi connectivity index (χ0) is 16.3. The van der Waals surface area contributed by atoms with E-state index in [1.165, 1.54) is 0 Å². The van der Waals surface area contributed by atoms with E-state index in [0.717, 1.165) is 12.8 Å². The molecule has 0 spiro atoms. The van der Waals surface area contributed by atoms with E-state index in [2.05, 4.69) is 20.8 Å². The molecule has 3 nitrogen and oxygen atoms in total. The Kier molecular flexibility index (Phi) is 5.28. The third kappa shape index (κ3) is 3.70. The largest absolute Gasteiger partial charge is 0.458 e. The van der Waals surface area contributed by atoms with Gasteiger partial charge in [0.15, 0.2) is 0 Å². The molecule has 1 fully saturated rings. The lowest BCUT2D eigenvalue weighted by atomic mass is 9.65. The van der Waals surface area contributed by atoms with Gasteiger partial charge in [-0.2, -0.15) is 0 Å². The highest BCUT2D eigenvalue weighted by Crippen LogP contribution is 2.44. The summed E-state index contributed by atoms with van der Waals surface area (Å²) >= 11 is 0. The molecule has 1 aromatic carbocycles. The first-order valence-electron chi connectivity index (χ1n) is 8.27. The molecule has 1 aromatic rings. The van der Waals surface area contributed by atoms with Gasteiger partial charge in [-0.15, -0.1) is 0 Å². The second-order valence-electron chi connectivity index (χ2n) is 7.29. The number of carbonyl (C=O) groups is 1. The van der Waals surface area contributed by atoms with Crippen LogP contribution in [0, 0.1) is 17.3 Å². The molecule has 0 saturated heterocycles. The Hall–Kier alpha value is -1.35. The number of rotatable bonds is 4. The van der Waals surface area contributed by atoms with E-state index in [1.54, 1.807) is 12.1 Å². The zero-order valence-corrected chi connectivity index (χ0v) is 14.1. The molecule has 0 amide bonds. The van der Waals surface area contributed by atoms with Crippen molar-refractivity contribution in [2.45, 2.75) is 59.2 Å². The number of aliphatic hydroxyl groups is 1. The van der Waals surface area contributed by atoms with Gasteiger partial charge in [-0.3, -0.25) is 0 Å². The van der Waals surface area contributed by atoms with Crippen LogP contribution in [0.25, 0.3) is 0 Å². The van der Waals surface area contributed by atoms with Crippen LogP contribution in [0.4, 0.5) is 0 Å². The maximum atomic E-state index is 12.2. The van der Waals surface area contributed by atoms with Crippen LogP contribution in [-0.2, 0) is 4.74 Å². The minimum Gasteiger partial charge on any atom is -0.458 e. The molecule has 1 N–H and O–H groups in total. The van der Waals surface area contributed by atoms with Crippen LogP contribution in [0.1, 0.15) is 57.3 Å². The average molecular weight is 304 g/mol. The third-order valence-corrected chi connectivity index (χ3v) is 5.35. The number of hydrogen-bond donors (Lipinski definition) is 1. The Bertz CT molecular complexity index is 497. The number of aliphatic hydroxyl groups excluding tert-OH is 1. The summed E-state index contributed by atoms with van der Waals surface area (Å²) in [6.45, 7) is 8.39. The molecule has 22 heavy (non-hydrogen) atoms. The van der Waals surface area contributed by atoms with Gasteiger partial charge >= 0.3 is 5.97 Å². The van der Waals surface area contributed by atoms with E-state index in [4.69, 9.17) is 4.74 Å². The summed E-state index contributed by atoms with van der Waals surface area (Å²) in [6, 6.07) is 9.08. The minimum atomic E-state index is -0.309. The van der Waals surface area contributed by atoms with E-state index in [-0.39, 0.29) is 23.6 Å². The summed E-state index contributed by atoms with van der Waals surface area (Å²) in [5.41, 5.74) is 0.421. The quantitative estimate of drug-likeness (QED) is 0.853. The van der Waals surface area contributed by atoms with Gasteiger partial charge in [0.05, 0.1) is 11.7 Å². The average Bonchev–Trinajstić information content (AvgIpc) is 2.47. The molecule has 0 heterocycles. The maximum absolute atomic E-state index is 12.2. The van der Waals surface area contributed by atoms with E-state index in [1.807, 2.05) is 25.1 Å². The summed E-state index contributed by atoms with van der Waals surface area (Å²) in [4.78, 5) is 12.2. The lowest BCUT2D eigenvalue weighted by Crippen LogP contribution is -2.44. The number of benzene rings is 1. The standard InChI is InChI=1S/C19H28O3/c1-13(2)16-10-11-19(4,12-17(16)20)14(3)22-18(21)15-8-6-5-7-9-15/h5-9,13-14,16-17,20H,10-12H2,1-4H3/t14?,16-,17+,19+/m0/s1. The smallest absolute Gasteiger partial charge is 0.338 e. The molecule has 1 aliphatic carbocycles. The predicted molar refractivity (Wildman–Crippen MR) is 87.6 cm³/mol. The van der Waals surface area contributed by atoms with Crippen molar-refractivity contribution < 1.29 is 14.6 Å². The second-order valence-corrected chi connectivity index (χ2v) is 7.29. The maximum Gasteiger partial charge on any atom is 0.338 e. The van der Waals surface area contributed by atoms with Crippen molar-refractivity contribution in [2.24, 2.45) is 17.3 Å². The number of hydrogen-bond acceptors (Lipinski definition) is 3. The van der Waals surface area contributed by atoms with E-state index in [0.29, 0.717) is 23.8 Å². The molecular formula is C19H28O3. The van der Waals surface area contributed by atoms with Crippen LogP contribution in [-0.4, -0.2) is 23.3 Å². The lowest BCUT2D eigenvalue weighted by Gasteiger charge is -2.44. The molecule has 1 saturated carbocycles. The van der Waals surface area contributed by atoms with Crippen molar-refractivity contribution in [3.8, 4) is 0 Å². The van der Waals surface area contributed by atoms with E-state index < -0.39 is 0 Å². The molecule has 0 bridgehead atoms. The van der Waals surface area contributed by atoms with Gasteiger partial charge in [0.2, 0.25) is 0 Å². The van der Waals surface area contributed by atoms with Crippen molar-refractivity contribution >= 4 is 5.97 Å². The lowest BCUT2D eigenvalue weighted by molar-refractivity contribution is -0.0705. The Morgan fingerprint density at radius 2 is 1.91 bits per heavy atom. The summed E-state index contributed by atoms with van der Waals surface area (Å²) in [5.74, 6) is 0.557. The highest BCUT2D eigenvalue weighted by atomic mass is 16.5. The summed E-state index contributed by atoms with van der Waals surface area (Å²) in [6.07, 6.45) is 2.15. The van der Waals surface area contributed by atoms with Gasteiger partial charge in [0, 0.05) is 5.41 Å². The molecule has 1 aliphatic rings. The van der Waals surface area contributed by atoms with Crippen molar-refractivity contribution in [2.75, 3.05) is 0 Å². The third-order valence-electron chi connectivity index (χ3n) is 5.35. The Balaban J connectivity index is 2.00. The van der Waals surface area contributed by atoms with Gasteiger partial charge in [0.1, 0.15) is 6.10 Å². The van der Waals surface area contributed by atoms with Crippen molar-refractivity contribution in [1.82, 2.24) is 0 Å². The van der Waals surface area contributed by atoms with Gasteiger partial charge in [-0.1, -0.05) is 39.0 Å². The molecule has 122 valence electrons. The van der Waals surface area contributed by atoms with Crippen molar-refractivity contribution in [3.05, 3.63) is 35.9 Å². The fraction of sp³-hybridized carbons (Fsp3) is 0.632. The zero-order valence-electron chi connectivity index (χ0n) is 14.1. The van der Waals surface area contributed by atoms with Crippen LogP contribution in [0.5, 0.6) is 0 Å². The Morgan fingerprint density at radius 3 is 2.45 bits per heavy atom. The fourth-order valence-electron chi connectivity index (χ4n) is 3.51. The van der Waals surface area contributed by atoms with E-state index in [9.17, 15) is 9.90 Å². The van der Waals surface area contributed by atoms with Crippen molar-refractivity contribution in [1.29, 1.82) is 0 Å². The molecule has 0 aromatic heterocycles. The first kappa shape index (κ1) is 17.0. The predicted octanol–water partition coefficient (Wildman–Crippen LogP) is 4.06. The van der Waals surface area contributed by atoms with Gasteiger partial charge in [0.25, 0.3) is 0 Å². The van der Waals surface area contributed by atoms with Crippen LogP contribution < -0.4 is 0 Å². The number of carbonyl (C=O) groups excluding carboxylic acids is 1. The van der Waals surface area contributed by atoms with Crippen LogP contribution in [0.15, 0.2) is 30.3 Å². The first-order chi connectivity index (χ1) is 10.3. The minimum absolute atomic E-state index is 0.157. The molecule has 0 aliphatic heterocycles. The van der Waals surface area contributed by atoms with Crippen molar-refractivity contribution in [3.63, 3.8) is 0 Å². The Labute approximate surface area is 133 Å². The van der Waals surface area contributed by atoms with Crippen LogP contribution in [0.2, 0.25) is 0 Å². The molecule has 4 atom stereocenters. The summed E-state index contributed by atoms with van der Waals surface area (Å²) in [5, 5.41) is 10.4. The van der Waals surface area contributed by atoms with Gasteiger partial charge in [-0.25, -0.2) is 4.79 Å². The molecule has 1 unspecified atom stereocenters. The molecule has 2 rings (SSSR count). The fourth-order valence-corrected chi connectivity index (χ4v) is 3.51. The SMILES string of the molecule is CC(C)[C@@H]1CC[C@@](C)(C(C)OC(=O)c2ccccc2)C[C@H]1O. The highest BCUT2D eigenvalue weighted by molar-refractivity contribution is 5.89. The summed E-state index contributed by atoms with van der Waals surface area (Å²) in [7, 11) is 0. The van der Waals surface area contributed by atoms with Gasteiger partial charge < -0.3 is 9.84 Å². The van der Waals surface area contributed by atoms with E-state index >= 15 is 0 Å². The Morgan fingerprint density at radius 1 is 1.27 bits per heavy atom. The highest BCUT2D eigenvalue weighted by Gasteiger charge is 2.42.